The number of halogens is 1. The average Bonchev–Trinajstić information content (AvgIpc) is 2.23. The lowest BCUT2D eigenvalue weighted by molar-refractivity contribution is -0.0510. The lowest BCUT2D eigenvalue weighted by Gasteiger charge is -2.50. The van der Waals surface area contributed by atoms with Crippen LogP contribution in [0, 0.1) is 12.3 Å². The second-order valence-electron chi connectivity index (χ2n) is 5.23. The molecule has 0 saturated heterocycles. The van der Waals surface area contributed by atoms with E-state index in [9.17, 15) is 5.11 Å². The first kappa shape index (κ1) is 11.9. The molecule has 2 unspecified atom stereocenters. The first-order chi connectivity index (χ1) is 7.41. The van der Waals surface area contributed by atoms with Gasteiger partial charge in [0.2, 0.25) is 0 Å². The zero-order chi connectivity index (χ0) is 11.9. The molecule has 1 aromatic carbocycles. The summed E-state index contributed by atoms with van der Waals surface area (Å²) in [5, 5.41) is 13.2. The Morgan fingerprint density at radius 2 is 2.12 bits per heavy atom. The molecule has 0 amide bonds. The minimum atomic E-state index is -0.183. The SMILES string of the molecule is Cc1ccc(Br)cc1NC1CC(O)C1(C)C. The number of hydrogen-bond donors (Lipinski definition) is 2. The van der Waals surface area contributed by atoms with Crippen LogP contribution in [0.2, 0.25) is 0 Å². The molecule has 2 N–H and O–H groups in total. The topological polar surface area (TPSA) is 32.3 Å². The van der Waals surface area contributed by atoms with Crippen molar-refractivity contribution in [3.63, 3.8) is 0 Å². The molecule has 0 heterocycles. The molecule has 1 aromatic rings. The van der Waals surface area contributed by atoms with Crippen molar-refractivity contribution in [2.45, 2.75) is 39.3 Å². The Morgan fingerprint density at radius 3 is 2.69 bits per heavy atom. The molecule has 1 aliphatic rings. The first-order valence-electron chi connectivity index (χ1n) is 5.62. The molecule has 1 saturated carbocycles. The van der Waals surface area contributed by atoms with Gasteiger partial charge in [-0.25, -0.2) is 0 Å². The maximum atomic E-state index is 9.70. The van der Waals surface area contributed by atoms with Gasteiger partial charge in [-0.05, 0) is 31.0 Å². The fourth-order valence-corrected chi connectivity index (χ4v) is 2.45. The number of anilines is 1. The Hall–Kier alpha value is -0.540. The van der Waals surface area contributed by atoms with Crippen molar-refractivity contribution in [2.75, 3.05) is 5.32 Å². The van der Waals surface area contributed by atoms with Crippen LogP contribution in [0.4, 0.5) is 5.69 Å². The van der Waals surface area contributed by atoms with Crippen molar-refractivity contribution in [3.8, 4) is 0 Å². The molecule has 0 spiro atoms. The zero-order valence-corrected chi connectivity index (χ0v) is 11.5. The molecule has 88 valence electrons. The van der Waals surface area contributed by atoms with Crippen LogP contribution in [-0.4, -0.2) is 17.3 Å². The molecule has 1 aliphatic carbocycles. The minimum Gasteiger partial charge on any atom is -0.392 e. The third-order valence-corrected chi connectivity index (χ3v) is 4.24. The van der Waals surface area contributed by atoms with Crippen molar-refractivity contribution in [2.24, 2.45) is 5.41 Å². The maximum absolute atomic E-state index is 9.70. The highest BCUT2D eigenvalue weighted by Crippen LogP contribution is 2.42. The van der Waals surface area contributed by atoms with Gasteiger partial charge in [-0.1, -0.05) is 35.8 Å². The van der Waals surface area contributed by atoms with Gasteiger partial charge in [0.25, 0.3) is 0 Å². The second-order valence-corrected chi connectivity index (χ2v) is 6.14. The van der Waals surface area contributed by atoms with E-state index in [0.717, 1.165) is 16.6 Å². The van der Waals surface area contributed by atoms with E-state index in [1.165, 1.54) is 5.56 Å². The monoisotopic (exact) mass is 283 g/mol. The summed E-state index contributed by atoms with van der Waals surface area (Å²) >= 11 is 3.48. The van der Waals surface area contributed by atoms with Gasteiger partial charge in [0.05, 0.1) is 6.10 Å². The van der Waals surface area contributed by atoms with E-state index in [2.05, 4.69) is 54.2 Å². The van der Waals surface area contributed by atoms with E-state index >= 15 is 0 Å². The van der Waals surface area contributed by atoms with Crippen LogP contribution in [0.15, 0.2) is 22.7 Å². The largest absolute Gasteiger partial charge is 0.392 e. The van der Waals surface area contributed by atoms with Gasteiger partial charge in [0, 0.05) is 21.6 Å². The molecule has 2 nitrogen and oxygen atoms in total. The van der Waals surface area contributed by atoms with Gasteiger partial charge in [0.15, 0.2) is 0 Å². The Labute approximate surface area is 105 Å². The number of rotatable bonds is 2. The standard InChI is InChI=1S/C13H18BrNO/c1-8-4-5-9(14)6-10(8)15-11-7-12(16)13(11,2)3/h4-6,11-12,15-16H,7H2,1-3H3. The van der Waals surface area contributed by atoms with Gasteiger partial charge in [-0.3, -0.25) is 0 Å². The summed E-state index contributed by atoms with van der Waals surface area (Å²) < 4.78 is 1.08. The molecule has 2 rings (SSSR count). The molecule has 0 aromatic heterocycles. The molecule has 16 heavy (non-hydrogen) atoms. The lowest BCUT2D eigenvalue weighted by atomic mass is 9.64. The predicted molar refractivity (Wildman–Crippen MR) is 70.7 cm³/mol. The van der Waals surface area contributed by atoms with E-state index in [1.807, 2.05) is 6.07 Å². The molecule has 0 bridgehead atoms. The van der Waals surface area contributed by atoms with Crippen molar-refractivity contribution in [3.05, 3.63) is 28.2 Å². The number of benzene rings is 1. The summed E-state index contributed by atoms with van der Waals surface area (Å²) in [7, 11) is 0. The van der Waals surface area contributed by atoms with E-state index in [4.69, 9.17) is 0 Å². The Balaban J connectivity index is 2.13. The van der Waals surface area contributed by atoms with Gasteiger partial charge in [-0.2, -0.15) is 0 Å². The zero-order valence-electron chi connectivity index (χ0n) is 9.92. The number of hydrogen-bond acceptors (Lipinski definition) is 2. The smallest absolute Gasteiger partial charge is 0.0630 e. The molecule has 2 atom stereocenters. The van der Waals surface area contributed by atoms with Crippen molar-refractivity contribution >= 4 is 21.6 Å². The summed E-state index contributed by atoms with van der Waals surface area (Å²) in [4.78, 5) is 0. The quantitative estimate of drug-likeness (QED) is 0.873. The predicted octanol–water partition coefficient (Wildman–Crippen LogP) is 3.33. The molecular weight excluding hydrogens is 266 g/mol. The van der Waals surface area contributed by atoms with Gasteiger partial charge in [-0.15, -0.1) is 0 Å². The van der Waals surface area contributed by atoms with Crippen LogP contribution in [0.1, 0.15) is 25.8 Å². The van der Waals surface area contributed by atoms with Crippen LogP contribution in [0.5, 0.6) is 0 Å². The summed E-state index contributed by atoms with van der Waals surface area (Å²) in [6, 6.07) is 6.59. The highest BCUT2D eigenvalue weighted by molar-refractivity contribution is 9.10. The van der Waals surface area contributed by atoms with Crippen molar-refractivity contribution in [1.29, 1.82) is 0 Å². The van der Waals surface area contributed by atoms with Crippen LogP contribution in [0.3, 0.4) is 0 Å². The summed E-state index contributed by atoms with van der Waals surface area (Å²) in [6.07, 6.45) is 0.649. The van der Waals surface area contributed by atoms with Gasteiger partial charge in [0.1, 0.15) is 0 Å². The van der Waals surface area contributed by atoms with E-state index < -0.39 is 0 Å². The van der Waals surface area contributed by atoms with E-state index in [-0.39, 0.29) is 11.5 Å². The molecule has 3 heteroatoms. The van der Waals surface area contributed by atoms with E-state index in [1.54, 1.807) is 0 Å². The second kappa shape index (κ2) is 4.04. The maximum Gasteiger partial charge on any atom is 0.0630 e. The van der Waals surface area contributed by atoms with E-state index in [0.29, 0.717) is 6.04 Å². The molecule has 0 aliphatic heterocycles. The highest BCUT2D eigenvalue weighted by atomic mass is 79.9. The first-order valence-corrected chi connectivity index (χ1v) is 6.41. The summed E-state index contributed by atoms with van der Waals surface area (Å²) in [6.45, 7) is 6.30. The number of aliphatic hydroxyl groups excluding tert-OH is 1. The van der Waals surface area contributed by atoms with Crippen molar-refractivity contribution in [1.82, 2.24) is 0 Å². The fourth-order valence-electron chi connectivity index (χ4n) is 2.08. The van der Waals surface area contributed by atoms with Crippen LogP contribution in [0.25, 0.3) is 0 Å². The number of aliphatic hydroxyl groups is 1. The average molecular weight is 284 g/mol. The third kappa shape index (κ3) is 1.98. The molecular formula is C13H18BrNO. The third-order valence-electron chi connectivity index (χ3n) is 3.75. The minimum absolute atomic E-state index is 0.0330. The summed E-state index contributed by atoms with van der Waals surface area (Å²) in [5.41, 5.74) is 2.36. The highest BCUT2D eigenvalue weighted by Gasteiger charge is 2.47. The molecule has 0 radical (unpaired) electrons. The fraction of sp³-hybridized carbons (Fsp3) is 0.538. The Bertz CT molecular complexity index is 403. The van der Waals surface area contributed by atoms with Crippen molar-refractivity contribution < 1.29 is 5.11 Å². The van der Waals surface area contributed by atoms with Crippen LogP contribution >= 0.6 is 15.9 Å². The lowest BCUT2D eigenvalue weighted by Crippen LogP contribution is -2.56. The Morgan fingerprint density at radius 1 is 1.44 bits per heavy atom. The van der Waals surface area contributed by atoms with Crippen LogP contribution < -0.4 is 5.32 Å². The van der Waals surface area contributed by atoms with Crippen LogP contribution in [-0.2, 0) is 0 Å². The van der Waals surface area contributed by atoms with Gasteiger partial charge >= 0.3 is 0 Å². The number of nitrogens with one attached hydrogen (secondary N) is 1. The number of aryl methyl sites for hydroxylation is 1. The normalized spacial score (nSPS) is 27.3. The Kier molecular flexibility index (Phi) is 3.01. The van der Waals surface area contributed by atoms with Gasteiger partial charge < -0.3 is 10.4 Å². The summed E-state index contributed by atoms with van der Waals surface area (Å²) in [5.74, 6) is 0. The molecule has 1 fully saturated rings.